The zero-order chi connectivity index (χ0) is 12.3. The second-order valence-electron chi connectivity index (χ2n) is 3.58. The molecule has 2 aromatic rings. The molecule has 6 nitrogen and oxygen atoms in total. The van der Waals surface area contributed by atoms with Crippen LogP contribution in [0.15, 0.2) is 24.7 Å². The summed E-state index contributed by atoms with van der Waals surface area (Å²) in [4.78, 5) is 8.25. The van der Waals surface area contributed by atoms with Crippen molar-refractivity contribution < 1.29 is 0 Å². The number of nitrogen functional groups attached to an aromatic ring is 1. The maximum Gasteiger partial charge on any atom is 0.144 e. The monoisotopic (exact) mass is 228 g/mol. The summed E-state index contributed by atoms with van der Waals surface area (Å²) in [7, 11) is 1.91. The number of nitriles is 1. The van der Waals surface area contributed by atoms with E-state index in [-0.39, 0.29) is 0 Å². The number of nitrogens with zero attached hydrogens (tertiary/aromatic N) is 4. The van der Waals surface area contributed by atoms with Gasteiger partial charge in [-0.25, -0.2) is 9.97 Å². The lowest BCUT2D eigenvalue weighted by atomic mass is 10.2. The molecule has 0 aliphatic carbocycles. The third-order valence-electron chi connectivity index (χ3n) is 2.36. The number of pyridine rings is 1. The van der Waals surface area contributed by atoms with Crippen molar-refractivity contribution >= 4 is 11.5 Å². The third-order valence-corrected chi connectivity index (χ3v) is 2.36. The topological polar surface area (TPSA) is 92.6 Å². The Bertz CT molecular complexity index is 566. The van der Waals surface area contributed by atoms with Crippen LogP contribution in [0.5, 0.6) is 0 Å². The molecule has 0 atom stereocenters. The van der Waals surface area contributed by atoms with Gasteiger partial charge in [0.1, 0.15) is 17.7 Å². The van der Waals surface area contributed by atoms with Crippen LogP contribution in [0.3, 0.4) is 0 Å². The van der Waals surface area contributed by atoms with Gasteiger partial charge in [-0.05, 0) is 6.07 Å². The molecule has 0 aliphatic rings. The highest BCUT2D eigenvalue weighted by molar-refractivity contribution is 5.57. The molecule has 0 bridgehead atoms. The van der Waals surface area contributed by atoms with Gasteiger partial charge in [0.15, 0.2) is 0 Å². The zero-order valence-corrected chi connectivity index (χ0v) is 9.38. The van der Waals surface area contributed by atoms with Gasteiger partial charge in [-0.2, -0.15) is 5.26 Å². The highest BCUT2D eigenvalue weighted by Gasteiger charge is 2.05. The fourth-order valence-electron chi connectivity index (χ4n) is 1.44. The number of aromatic nitrogens is 3. The van der Waals surface area contributed by atoms with Crippen molar-refractivity contribution in [3.8, 4) is 6.07 Å². The first-order valence-electron chi connectivity index (χ1n) is 5.06. The quantitative estimate of drug-likeness (QED) is 0.813. The Morgan fingerprint density at radius 2 is 2.35 bits per heavy atom. The Morgan fingerprint density at radius 3 is 3.00 bits per heavy atom. The van der Waals surface area contributed by atoms with Gasteiger partial charge in [0, 0.05) is 19.4 Å². The summed E-state index contributed by atoms with van der Waals surface area (Å²) in [5, 5.41) is 12.0. The molecule has 0 fully saturated rings. The van der Waals surface area contributed by atoms with Gasteiger partial charge in [0.2, 0.25) is 0 Å². The largest absolute Gasteiger partial charge is 0.397 e. The molecule has 2 heterocycles. The molecule has 0 aliphatic heterocycles. The number of hydrogen-bond acceptors (Lipinski definition) is 5. The number of nitrogens with one attached hydrogen (secondary N) is 1. The van der Waals surface area contributed by atoms with Crippen LogP contribution in [0.1, 0.15) is 11.4 Å². The summed E-state index contributed by atoms with van der Waals surface area (Å²) in [6.07, 6.45) is 5.10. The van der Waals surface area contributed by atoms with E-state index in [0.29, 0.717) is 23.6 Å². The average Bonchev–Trinajstić information content (AvgIpc) is 2.73. The molecule has 2 aromatic heterocycles. The lowest BCUT2D eigenvalue weighted by molar-refractivity contribution is 0.810. The van der Waals surface area contributed by atoms with E-state index in [1.165, 1.54) is 6.20 Å². The van der Waals surface area contributed by atoms with E-state index in [9.17, 15) is 0 Å². The maximum atomic E-state index is 8.95. The van der Waals surface area contributed by atoms with Crippen LogP contribution in [0.4, 0.5) is 11.5 Å². The van der Waals surface area contributed by atoms with Crippen LogP contribution in [-0.2, 0) is 13.6 Å². The molecule has 0 saturated carbocycles. The first-order chi connectivity index (χ1) is 8.20. The minimum atomic E-state index is 0.430. The molecule has 0 unspecified atom stereocenters. The fraction of sp³-hybridized carbons (Fsp3) is 0.182. The number of imidazole rings is 1. The highest BCUT2D eigenvalue weighted by atomic mass is 15.1. The number of anilines is 2. The van der Waals surface area contributed by atoms with Crippen LogP contribution in [0.25, 0.3) is 0 Å². The van der Waals surface area contributed by atoms with Gasteiger partial charge in [0.05, 0.1) is 24.0 Å². The molecule has 86 valence electrons. The first kappa shape index (κ1) is 11.0. The zero-order valence-electron chi connectivity index (χ0n) is 9.38. The van der Waals surface area contributed by atoms with Gasteiger partial charge >= 0.3 is 0 Å². The molecule has 17 heavy (non-hydrogen) atoms. The van der Waals surface area contributed by atoms with Gasteiger partial charge in [-0.3, -0.25) is 0 Å². The Morgan fingerprint density at radius 1 is 1.53 bits per heavy atom. The molecule has 0 aromatic carbocycles. The van der Waals surface area contributed by atoms with Gasteiger partial charge in [0.25, 0.3) is 0 Å². The molecular formula is C11H12N6. The predicted octanol–water partition coefficient (Wildman–Crippen LogP) is 0.881. The summed E-state index contributed by atoms with van der Waals surface area (Å²) in [5.74, 6) is 1.39. The van der Waals surface area contributed by atoms with Crippen molar-refractivity contribution in [3.05, 3.63) is 36.0 Å². The van der Waals surface area contributed by atoms with E-state index in [4.69, 9.17) is 11.0 Å². The average molecular weight is 228 g/mol. The fourth-order valence-corrected chi connectivity index (χ4v) is 1.44. The van der Waals surface area contributed by atoms with Crippen LogP contribution < -0.4 is 11.1 Å². The Labute approximate surface area is 98.7 Å². The predicted molar refractivity (Wildman–Crippen MR) is 63.9 cm³/mol. The molecule has 6 heteroatoms. The van der Waals surface area contributed by atoms with E-state index < -0.39 is 0 Å². The van der Waals surface area contributed by atoms with Gasteiger partial charge in [-0.15, -0.1) is 0 Å². The van der Waals surface area contributed by atoms with Gasteiger partial charge < -0.3 is 15.6 Å². The van der Waals surface area contributed by atoms with E-state index in [0.717, 1.165) is 5.82 Å². The molecular weight excluding hydrogens is 216 g/mol. The van der Waals surface area contributed by atoms with Crippen LogP contribution >= 0.6 is 0 Å². The molecule has 0 radical (unpaired) electrons. The van der Waals surface area contributed by atoms with Gasteiger partial charge in [-0.1, -0.05) is 0 Å². The number of aryl methyl sites for hydroxylation is 1. The number of rotatable bonds is 3. The molecule has 2 rings (SSSR count). The number of nitrogens with two attached hydrogens (primary N) is 1. The standard InChI is InChI=1S/C11H12N6/c1-17-3-2-14-10(17)7-16-11-8(5-12)4-9(13)6-15-11/h2-4,6H,7,13H2,1H3,(H,15,16). The molecule has 0 spiro atoms. The Balaban J connectivity index is 2.15. The Hall–Kier alpha value is -2.55. The third kappa shape index (κ3) is 2.34. The maximum absolute atomic E-state index is 8.95. The second kappa shape index (κ2) is 4.53. The highest BCUT2D eigenvalue weighted by Crippen LogP contribution is 2.14. The number of hydrogen-bond donors (Lipinski definition) is 2. The van der Waals surface area contributed by atoms with E-state index in [1.807, 2.05) is 23.9 Å². The summed E-state index contributed by atoms with van der Waals surface area (Å²) >= 11 is 0. The van der Waals surface area contributed by atoms with Crippen molar-refractivity contribution in [2.24, 2.45) is 7.05 Å². The minimum Gasteiger partial charge on any atom is -0.397 e. The second-order valence-corrected chi connectivity index (χ2v) is 3.58. The molecule has 0 saturated heterocycles. The molecule has 0 amide bonds. The van der Waals surface area contributed by atoms with E-state index in [1.54, 1.807) is 12.3 Å². The first-order valence-corrected chi connectivity index (χ1v) is 5.06. The summed E-state index contributed by atoms with van der Waals surface area (Å²) in [5.41, 5.74) is 6.47. The van der Waals surface area contributed by atoms with Crippen molar-refractivity contribution in [2.45, 2.75) is 6.54 Å². The normalized spacial score (nSPS) is 9.88. The lowest BCUT2D eigenvalue weighted by Gasteiger charge is -2.07. The smallest absolute Gasteiger partial charge is 0.144 e. The van der Waals surface area contributed by atoms with Crippen molar-refractivity contribution in [1.29, 1.82) is 5.26 Å². The minimum absolute atomic E-state index is 0.430. The Kier molecular flexibility index (Phi) is 2.92. The summed E-state index contributed by atoms with van der Waals surface area (Å²) in [6.45, 7) is 0.509. The van der Waals surface area contributed by atoms with Crippen molar-refractivity contribution in [3.63, 3.8) is 0 Å². The molecule has 3 N–H and O–H groups in total. The van der Waals surface area contributed by atoms with Crippen LogP contribution in [0, 0.1) is 11.3 Å². The van der Waals surface area contributed by atoms with Crippen molar-refractivity contribution in [1.82, 2.24) is 14.5 Å². The summed E-state index contributed by atoms with van der Waals surface area (Å²) in [6, 6.07) is 3.64. The van der Waals surface area contributed by atoms with E-state index in [2.05, 4.69) is 15.3 Å². The SMILES string of the molecule is Cn1ccnc1CNc1ncc(N)cc1C#N. The summed E-state index contributed by atoms with van der Waals surface area (Å²) < 4.78 is 1.90. The lowest BCUT2D eigenvalue weighted by Crippen LogP contribution is -2.08. The van der Waals surface area contributed by atoms with E-state index >= 15 is 0 Å². The van der Waals surface area contributed by atoms with Crippen LogP contribution in [0.2, 0.25) is 0 Å². The van der Waals surface area contributed by atoms with Crippen LogP contribution in [-0.4, -0.2) is 14.5 Å². The van der Waals surface area contributed by atoms with Crippen molar-refractivity contribution in [2.75, 3.05) is 11.1 Å².